The zero-order valence-electron chi connectivity index (χ0n) is 39.8. The first-order chi connectivity index (χ1) is 30.9. The topological polar surface area (TPSA) is 135 Å². The molecule has 1 rings (SSSR count). The van der Waals surface area contributed by atoms with Gasteiger partial charge in [0.1, 0.15) is 30.5 Å². The van der Waals surface area contributed by atoms with Crippen molar-refractivity contribution in [1.82, 2.24) is 0 Å². The van der Waals surface area contributed by atoms with Gasteiger partial charge in [-0.05, 0) is 70.6 Å². The SMILES string of the molecule is CC/C=C\C/C=C\C/C=C\C/C=C\C/C=C\C/C=C\C/C=C\CCCCCCOCC(COC1OC(CO)C(O)C(O)C1O)OC(=O)CCCCCCCCCCCCCCCC. The molecule has 6 atom stereocenters. The summed E-state index contributed by atoms with van der Waals surface area (Å²) in [5.41, 5.74) is 0. The van der Waals surface area contributed by atoms with Gasteiger partial charge in [-0.2, -0.15) is 0 Å². The highest BCUT2D eigenvalue weighted by molar-refractivity contribution is 5.69. The van der Waals surface area contributed by atoms with Crippen molar-refractivity contribution < 1.29 is 44.2 Å². The minimum atomic E-state index is -1.54. The van der Waals surface area contributed by atoms with Crippen LogP contribution >= 0.6 is 0 Å². The van der Waals surface area contributed by atoms with Crippen LogP contribution in [-0.4, -0.2) is 89.6 Å². The first-order valence-electron chi connectivity index (χ1n) is 25.2. The molecular formula is C54H92O9. The molecule has 0 saturated carbocycles. The van der Waals surface area contributed by atoms with E-state index in [1.54, 1.807) is 0 Å². The van der Waals surface area contributed by atoms with Crippen LogP contribution in [0.25, 0.3) is 0 Å². The van der Waals surface area contributed by atoms with Crippen LogP contribution in [-0.2, 0) is 23.7 Å². The van der Waals surface area contributed by atoms with Crippen molar-refractivity contribution in [3.05, 3.63) is 85.1 Å². The summed E-state index contributed by atoms with van der Waals surface area (Å²) in [5.74, 6) is -0.325. The molecule has 1 fully saturated rings. The number of rotatable bonds is 42. The Morgan fingerprint density at radius 3 is 1.46 bits per heavy atom. The van der Waals surface area contributed by atoms with Gasteiger partial charge < -0.3 is 39.4 Å². The standard InChI is InChI=1S/C54H92O9/c1-3-5-7-9-11-13-15-17-19-20-21-22-23-24-25-26-27-28-29-30-32-34-36-38-40-42-44-60-46-48(47-61-54-53(59)52(58)51(57)49(45-55)63-54)62-50(56)43-41-39-37-35-33-31-18-16-14-12-10-8-6-4-2/h5,7,11,13,17,19,21-22,24-25,27-28,30,32,48-49,51-55,57-59H,3-4,6,8-10,12,14-16,18,20,23,26,29,31,33-47H2,1-2H3/b7-5-,13-11-,19-17-,22-21-,25-24-,28-27-,32-30-. The molecule has 0 bridgehead atoms. The summed E-state index contributed by atoms with van der Waals surface area (Å²) in [6.07, 6.45) is 53.3. The van der Waals surface area contributed by atoms with E-state index in [0.717, 1.165) is 96.3 Å². The molecule has 0 aromatic carbocycles. The monoisotopic (exact) mass is 885 g/mol. The minimum absolute atomic E-state index is 0.124. The summed E-state index contributed by atoms with van der Waals surface area (Å²) in [7, 11) is 0. The molecule has 1 aliphatic rings. The number of carbonyl (C=O) groups excluding carboxylic acids is 1. The Hall–Kier alpha value is -2.63. The fourth-order valence-corrected chi connectivity index (χ4v) is 7.18. The third-order valence-corrected chi connectivity index (χ3v) is 11.1. The fourth-order valence-electron chi connectivity index (χ4n) is 7.18. The van der Waals surface area contributed by atoms with Gasteiger partial charge in [0.15, 0.2) is 6.29 Å². The Labute approximate surface area is 384 Å². The second-order valence-electron chi connectivity index (χ2n) is 16.9. The number of hydrogen-bond acceptors (Lipinski definition) is 9. The van der Waals surface area contributed by atoms with E-state index < -0.39 is 43.4 Å². The van der Waals surface area contributed by atoms with Crippen LogP contribution < -0.4 is 0 Å². The van der Waals surface area contributed by atoms with Gasteiger partial charge in [0, 0.05) is 13.0 Å². The molecule has 63 heavy (non-hydrogen) atoms. The van der Waals surface area contributed by atoms with Crippen LogP contribution in [0.4, 0.5) is 0 Å². The molecule has 0 aliphatic carbocycles. The molecule has 0 radical (unpaired) electrons. The van der Waals surface area contributed by atoms with Crippen molar-refractivity contribution >= 4 is 5.97 Å². The molecule has 1 saturated heterocycles. The van der Waals surface area contributed by atoms with Gasteiger partial charge in [-0.15, -0.1) is 0 Å². The Balaban J connectivity index is 2.24. The van der Waals surface area contributed by atoms with E-state index in [1.165, 1.54) is 70.6 Å². The molecule has 0 aromatic heterocycles. The number of aliphatic hydroxyl groups excluding tert-OH is 4. The van der Waals surface area contributed by atoms with E-state index in [0.29, 0.717) is 13.0 Å². The first kappa shape index (κ1) is 58.4. The van der Waals surface area contributed by atoms with Crippen LogP contribution in [0, 0.1) is 0 Å². The third kappa shape index (κ3) is 35.3. The lowest BCUT2D eigenvalue weighted by molar-refractivity contribution is -0.305. The lowest BCUT2D eigenvalue weighted by Gasteiger charge is -2.39. The molecule has 6 unspecified atom stereocenters. The average Bonchev–Trinajstić information content (AvgIpc) is 3.28. The van der Waals surface area contributed by atoms with Gasteiger partial charge in [-0.25, -0.2) is 0 Å². The van der Waals surface area contributed by atoms with E-state index in [2.05, 4.69) is 98.9 Å². The van der Waals surface area contributed by atoms with Gasteiger partial charge in [-0.1, -0.05) is 195 Å². The highest BCUT2D eigenvalue weighted by Gasteiger charge is 2.44. The van der Waals surface area contributed by atoms with E-state index in [1.807, 2.05) is 0 Å². The van der Waals surface area contributed by atoms with Crippen molar-refractivity contribution in [3.8, 4) is 0 Å². The maximum Gasteiger partial charge on any atom is 0.306 e. The Morgan fingerprint density at radius 2 is 0.968 bits per heavy atom. The molecule has 0 aromatic rings. The Bertz CT molecular complexity index is 1240. The number of allylic oxidation sites excluding steroid dienone is 14. The molecule has 1 heterocycles. The molecule has 0 spiro atoms. The molecule has 4 N–H and O–H groups in total. The molecule has 9 heteroatoms. The number of unbranched alkanes of at least 4 members (excludes halogenated alkanes) is 17. The first-order valence-corrected chi connectivity index (χ1v) is 25.2. The number of ether oxygens (including phenoxy) is 4. The number of aliphatic hydroxyl groups is 4. The van der Waals surface area contributed by atoms with Gasteiger partial charge in [-0.3, -0.25) is 4.79 Å². The summed E-state index contributed by atoms with van der Waals surface area (Å²) >= 11 is 0. The van der Waals surface area contributed by atoms with Crippen molar-refractivity contribution in [2.24, 2.45) is 0 Å². The minimum Gasteiger partial charge on any atom is -0.457 e. The third-order valence-electron chi connectivity index (χ3n) is 11.1. The van der Waals surface area contributed by atoms with Crippen molar-refractivity contribution in [2.75, 3.05) is 26.4 Å². The smallest absolute Gasteiger partial charge is 0.306 e. The molecule has 9 nitrogen and oxygen atoms in total. The zero-order chi connectivity index (χ0) is 45.7. The highest BCUT2D eigenvalue weighted by atomic mass is 16.7. The van der Waals surface area contributed by atoms with Crippen LogP contribution in [0.1, 0.15) is 187 Å². The van der Waals surface area contributed by atoms with E-state index in [4.69, 9.17) is 18.9 Å². The average molecular weight is 885 g/mol. The second-order valence-corrected chi connectivity index (χ2v) is 16.9. The Morgan fingerprint density at radius 1 is 0.524 bits per heavy atom. The molecule has 0 amide bonds. The summed E-state index contributed by atoms with van der Waals surface area (Å²) in [6, 6.07) is 0. The highest BCUT2D eigenvalue weighted by Crippen LogP contribution is 2.22. The maximum atomic E-state index is 12.8. The number of esters is 1. The van der Waals surface area contributed by atoms with E-state index in [9.17, 15) is 25.2 Å². The number of hydrogen-bond donors (Lipinski definition) is 4. The second kappa shape index (κ2) is 44.6. The molecular weight excluding hydrogens is 793 g/mol. The number of carbonyl (C=O) groups is 1. The van der Waals surface area contributed by atoms with Crippen molar-refractivity contribution in [3.63, 3.8) is 0 Å². The summed E-state index contributed by atoms with van der Waals surface area (Å²) in [5, 5.41) is 40.2. The van der Waals surface area contributed by atoms with Crippen molar-refractivity contribution in [1.29, 1.82) is 0 Å². The lowest BCUT2D eigenvalue weighted by Crippen LogP contribution is -2.59. The van der Waals surface area contributed by atoms with Crippen molar-refractivity contribution in [2.45, 2.75) is 224 Å². The largest absolute Gasteiger partial charge is 0.457 e. The van der Waals surface area contributed by atoms with Crippen LogP contribution in [0.15, 0.2) is 85.1 Å². The lowest BCUT2D eigenvalue weighted by atomic mass is 9.99. The fraction of sp³-hybridized carbons (Fsp3) is 0.722. The predicted octanol–water partition coefficient (Wildman–Crippen LogP) is 12.2. The van der Waals surface area contributed by atoms with Crippen LogP contribution in [0.3, 0.4) is 0 Å². The Kier molecular flexibility index (Phi) is 41.3. The van der Waals surface area contributed by atoms with E-state index in [-0.39, 0.29) is 19.2 Å². The normalized spacial score (nSPS) is 20.4. The summed E-state index contributed by atoms with van der Waals surface area (Å²) in [6.45, 7) is 4.38. The van der Waals surface area contributed by atoms with Gasteiger partial charge in [0.05, 0.1) is 19.8 Å². The van der Waals surface area contributed by atoms with Gasteiger partial charge in [0.2, 0.25) is 0 Å². The zero-order valence-corrected chi connectivity index (χ0v) is 39.8. The quantitative estimate of drug-likeness (QED) is 0.0268. The predicted molar refractivity (Wildman–Crippen MR) is 260 cm³/mol. The van der Waals surface area contributed by atoms with Crippen LogP contribution in [0.5, 0.6) is 0 Å². The molecule has 362 valence electrons. The van der Waals surface area contributed by atoms with Gasteiger partial charge in [0.25, 0.3) is 0 Å². The van der Waals surface area contributed by atoms with E-state index >= 15 is 0 Å². The van der Waals surface area contributed by atoms with Crippen LogP contribution in [0.2, 0.25) is 0 Å². The maximum absolute atomic E-state index is 12.8. The summed E-state index contributed by atoms with van der Waals surface area (Å²) < 4.78 is 22.8. The van der Waals surface area contributed by atoms with Gasteiger partial charge >= 0.3 is 5.97 Å². The summed E-state index contributed by atoms with van der Waals surface area (Å²) in [4.78, 5) is 12.8. The molecule has 1 aliphatic heterocycles.